The Morgan fingerprint density at radius 1 is 0.861 bits per heavy atom. The highest BCUT2D eigenvalue weighted by Gasteiger charge is 2.32. The van der Waals surface area contributed by atoms with E-state index in [0.717, 1.165) is 22.4 Å². The third kappa shape index (κ3) is 4.93. The molecule has 36 heavy (non-hydrogen) atoms. The second kappa shape index (κ2) is 10.1. The van der Waals surface area contributed by atoms with Gasteiger partial charge in [-0.1, -0.05) is 78.9 Å². The number of carboxylic acids is 1. The molecule has 6 heteroatoms. The van der Waals surface area contributed by atoms with E-state index in [0.29, 0.717) is 23.6 Å². The number of carboxylic acid groups (broad SMARTS) is 1. The van der Waals surface area contributed by atoms with Gasteiger partial charge in [0.2, 0.25) is 0 Å². The van der Waals surface area contributed by atoms with Crippen LogP contribution < -0.4 is 9.75 Å². The van der Waals surface area contributed by atoms with Gasteiger partial charge in [-0.05, 0) is 47.5 Å². The fourth-order valence-corrected chi connectivity index (χ4v) is 3.87. The fourth-order valence-electron chi connectivity index (χ4n) is 3.87. The Labute approximate surface area is 208 Å². The summed E-state index contributed by atoms with van der Waals surface area (Å²) in [7, 11) is 0. The van der Waals surface area contributed by atoms with Crippen LogP contribution in [0.2, 0.25) is 0 Å². The van der Waals surface area contributed by atoms with E-state index in [9.17, 15) is 14.7 Å². The minimum atomic E-state index is -1.07. The number of hydrazone groups is 1. The number of anilines is 1. The summed E-state index contributed by atoms with van der Waals surface area (Å²) in [5, 5.41) is 15.2. The normalized spacial score (nSPS) is 14.1. The molecule has 0 saturated heterocycles. The molecule has 1 N–H and O–H groups in total. The van der Waals surface area contributed by atoms with E-state index in [-0.39, 0.29) is 11.5 Å². The predicted molar refractivity (Wildman–Crippen MR) is 139 cm³/mol. The van der Waals surface area contributed by atoms with Crippen LogP contribution in [-0.4, -0.2) is 22.7 Å². The molecule has 1 heterocycles. The van der Waals surface area contributed by atoms with Gasteiger partial charge < -0.3 is 9.84 Å². The zero-order valence-corrected chi connectivity index (χ0v) is 19.2. The second-order valence-corrected chi connectivity index (χ2v) is 8.19. The highest BCUT2D eigenvalue weighted by molar-refractivity contribution is 6.37. The van der Waals surface area contributed by atoms with Crippen molar-refractivity contribution in [3.8, 4) is 5.75 Å². The maximum absolute atomic E-state index is 13.5. The molecule has 0 radical (unpaired) electrons. The van der Waals surface area contributed by atoms with E-state index in [1.807, 2.05) is 84.9 Å². The molecule has 6 nitrogen and oxygen atoms in total. The minimum absolute atomic E-state index is 0.0836. The highest BCUT2D eigenvalue weighted by Crippen LogP contribution is 2.29. The van der Waals surface area contributed by atoms with E-state index in [1.54, 1.807) is 18.2 Å². The Hall–Kier alpha value is -4.97. The Morgan fingerprint density at radius 3 is 2.25 bits per heavy atom. The maximum Gasteiger partial charge on any atom is 0.335 e. The molecule has 0 aromatic heterocycles. The van der Waals surface area contributed by atoms with Gasteiger partial charge in [0.25, 0.3) is 5.91 Å². The molecule has 0 bridgehead atoms. The molecule has 0 atom stereocenters. The molecule has 0 spiro atoms. The first-order valence-electron chi connectivity index (χ1n) is 11.4. The summed E-state index contributed by atoms with van der Waals surface area (Å²) in [5.74, 6) is -0.676. The van der Waals surface area contributed by atoms with Gasteiger partial charge in [-0.25, -0.2) is 4.79 Å². The summed E-state index contributed by atoms with van der Waals surface area (Å²) in [6.45, 7) is 0.467. The topological polar surface area (TPSA) is 79.2 Å². The number of amides is 1. The molecular formula is C30H22N2O4. The van der Waals surface area contributed by atoms with Gasteiger partial charge in [0.15, 0.2) is 0 Å². The van der Waals surface area contributed by atoms with Crippen molar-refractivity contribution < 1.29 is 19.4 Å². The van der Waals surface area contributed by atoms with Crippen molar-refractivity contribution in [1.29, 1.82) is 0 Å². The van der Waals surface area contributed by atoms with E-state index in [2.05, 4.69) is 5.10 Å². The van der Waals surface area contributed by atoms with Gasteiger partial charge in [-0.3, -0.25) is 4.79 Å². The largest absolute Gasteiger partial charge is 0.489 e. The average Bonchev–Trinajstić information content (AvgIpc) is 3.25. The maximum atomic E-state index is 13.5. The van der Waals surface area contributed by atoms with Crippen LogP contribution in [0, 0.1) is 0 Å². The van der Waals surface area contributed by atoms with Crippen molar-refractivity contribution in [3.05, 3.63) is 137 Å². The Bertz CT molecular complexity index is 1460. The highest BCUT2D eigenvalue weighted by atomic mass is 16.5. The molecular weight excluding hydrogens is 452 g/mol. The van der Waals surface area contributed by atoms with Crippen LogP contribution in [0.5, 0.6) is 5.75 Å². The van der Waals surface area contributed by atoms with E-state index in [1.165, 1.54) is 17.1 Å². The van der Waals surface area contributed by atoms with E-state index >= 15 is 0 Å². The monoisotopic (exact) mass is 474 g/mol. The summed E-state index contributed by atoms with van der Waals surface area (Å²) in [6.07, 6.45) is 1.79. The number of carbonyl (C=O) groups is 2. The van der Waals surface area contributed by atoms with Gasteiger partial charge >= 0.3 is 5.97 Å². The first kappa shape index (κ1) is 22.8. The molecule has 4 aromatic carbocycles. The van der Waals surface area contributed by atoms with Crippen LogP contribution in [0.25, 0.3) is 6.08 Å². The first-order valence-corrected chi connectivity index (χ1v) is 11.4. The van der Waals surface area contributed by atoms with Crippen LogP contribution in [0.4, 0.5) is 5.69 Å². The lowest BCUT2D eigenvalue weighted by molar-refractivity contribution is -0.114. The predicted octanol–water partition coefficient (Wildman–Crippen LogP) is 5.80. The summed E-state index contributed by atoms with van der Waals surface area (Å²) in [4.78, 5) is 24.9. The molecule has 1 amide bonds. The van der Waals surface area contributed by atoms with Crippen molar-refractivity contribution in [3.63, 3.8) is 0 Å². The number of hydrogen-bond acceptors (Lipinski definition) is 4. The zero-order chi connectivity index (χ0) is 24.9. The molecule has 4 aromatic rings. The third-order valence-electron chi connectivity index (χ3n) is 5.70. The summed E-state index contributed by atoms with van der Waals surface area (Å²) in [6, 6.07) is 33.0. The van der Waals surface area contributed by atoms with Crippen molar-refractivity contribution in [2.75, 3.05) is 5.01 Å². The van der Waals surface area contributed by atoms with Crippen molar-refractivity contribution in [2.45, 2.75) is 6.61 Å². The Kier molecular flexibility index (Phi) is 6.40. The van der Waals surface area contributed by atoms with E-state index < -0.39 is 5.97 Å². The molecule has 176 valence electrons. The van der Waals surface area contributed by atoms with Crippen molar-refractivity contribution in [1.82, 2.24) is 0 Å². The quantitative estimate of drug-likeness (QED) is 0.344. The number of nitrogens with zero attached hydrogens (tertiary/aromatic N) is 2. The lowest BCUT2D eigenvalue weighted by Crippen LogP contribution is -2.21. The number of aromatic carboxylic acids is 1. The van der Waals surface area contributed by atoms with Crippen LogP contribution in [0.15, 0.2) is 120 Å². The Morgan fingerprint density at radius 2 is 1.56 bits per heavy atom. The minimum Gasteiger partial charge on any atom is -0.489 e. The molecule has 1 aliphatic rings. The SMILES string of the molecule is O=C(O)c1cccc(N2N=C(c3ccccc3)/C(=C/c3ccc(OCc4ccccc4)cc3)C2=O)c1. The standard InChI is InChI=1S/C30H22N2O4/c33-29-27(18-21-14-16-26(17-15-21)36-20-22-8-3-1-4-9-22)28(23-10-5-2-6-11-23)31-32(29)25-13-7-12-24(19-25)30(34)35/h1-19H,20H2,(H,34,35)/b27-18-. The Balaban J connectivity index is 1.44. The van der Waals surface area contributed by atoms with Crippen LogP contribution in [0.3, 0.4) is 0 Å². The van der Waals surface area contributed by atoms with Crippen molar-refractivity contribution >= 4 is 29.4 Å². The first-order chi connectivity index (χ1) is 17.6. The van der Waals surface area contributed by atoms with Gasteiger partial charge in [0, 0.05) is 5.56 Å². The third-order valence-corrected chi connectivity index (χ3v) is 5.70. The summed E-state index contributed by atoms with van der Waals surface area (Å²) < 4.78 is 5.87. The average molecular weight is 475 g/mol. The molecule has 0 unspecified atom stereocenters. The molecule has 0 aliphatic carbocycles. The van der Waals surface area contributed by atoms with Gasteiger partial charge in [0.1, 0.15) is 18.1 Å². The van der Waals surface area contributed by atoms with Crippen LogP contribution >= 0.6 is 0 Å². The van der Waals surface area contributed by atoms with Gasteiger partial charge in [0.05, 0.1) is 16.8 Å². The van der Waals surface area contributed by atoms with E-state index in [4.69, 9.17) is 4.74 Å². The van der Waals surface area contributed by atoms with Crippen LogP contribution in [0.1, 0.15) is 27.0 Å². The number of ether oxygens (including phenoxy) is 1. The smallest absolute Gasteiger partial charge is 0.335 e. The molecule has 0 fully saturated rings. The van der Waals surface area contributed by atoms with Crippen molar-refractivity contribution in [2.24, 2.45) is 5.10 Å². The fraction of sp³-hybridized carbons (Fsp3) is 0.0333. The number of rotatable bonds is 7. The lowest BCUT2D eigenvalue weighted by Gasteiger charge is -2.12. The summed E-state index contributed by atoms with van der Waals surface area (Å²) >= 11 is 0. The van der Waals surface area contributed by atoms with Gasteiger partial charge in [-0.2, -0.15) is 10.1 Å². The second-order valence-electron chi connectivity index (χ2n) is 8.19. The van der Waals surface area contributed by atoms with Gasteiger partial charge in [-0.15, -0.1) is 0 Å². The number of hydrogen-bond donors (Lipinski definition) is 1. The zero-order valence-electron chi connectivity index (χ0n) is 19.2. The summed E-state index contributed by atoms with van der Waals surface area (Å²) in [5.41, 5.74) is 4.09. The lowest BCUT2D eigenvalue weighted by atomic mass is 10.00. The molecule has 0 saturated carbocycles. The molecule has 1 aliphatic heterocycles. The number of benzene rings is 4. The molecule has 5 rings (SSSR count). The number of carbonyl (C=O) groups excluding carboxylic acids is 1. The van der Waals surface area contributed by atoms with Crippen LogP contribution in [-0.2, 0) is 11.4 Å².